The Morgan fingerprint density at radius 1 is 0.857 bits per heavy atom. The van der Waals surface area contributed by atoms with Crippen molar-refractivity contribution in [2.24, 2.45) is 0 Å². The number of esters is 1. The molecular formula is C22H25NO5. The van der Waals surface area contributed by atoms with E-state index in [-0.39, 0.29) is 24.5 Å². The molecule has 0 aliphatic carbocycles. The first-order chi connectivity index (χ1) is 13.5. The number of rotatable bonds is 10. The number of amides is 1. The molecule has 148 valence electrons. The number of ether oxygens (including phenoxy) is 2. The summed E-state index contributed by atoms with van der Waals surface area (Å²) in [5, 5.41) is 2.72. The number of hydrogen-bond donors (Lipinski definition) is 1. The average molecular weight is 383 g/mol. The second-order valence-corrected chi connectivity index (χ2v) is 6.14. The van der Waals surface area contributed by atoms with Gasteiger partial charge in [0.15, 0.2) is 5.78 Å². The number of ketones is 1. The van der Waals surface area contributed by atoms with Crippen LogP contribution in [0.4, 0.5) is 5.69 Å². The Labute approximate surface area is 164 Å². The van der Waals surface area contributed by atoms with Gasteiger partial charge in [-0.05, 0) is 61.9 Å². The largest absolute Gasteiger partial charge is 0.494 e. The van der Waals surface area contributed by atoms with Gasteiger partial charge in [-0.25, -0.2) is 4.79 Å². The van der Waals surface area contributed by atoms with E-state index in [0.717, 1.165) is 12.2 Å². The van der Waals surface area contributed by atoms with Gasteiger partial charge in [-0.15, -0.1) is 0 Å². The maximum atomic E-state index is 12.2. The molecular weight excluding hydrogens is 358 g/mol. The fraction of sp³-hybridized carbons (Fsp3) is 0.318. The molecule has 1 N–H and O–H groups in total. The summed E-state index contributed by atoms with van der Waals surface area (Å²) >= 11 is 0. The smallest absolute Gasteiger partial charge is 0.338 e. The monoisotopic (exact) mass is 383 g/mol. The fourth-order valence-electron chi connectivity index (χ4n) is 2.46. The number of carbonyl (C=O) groups is 3. The standard InChI is InChI=1S/C22H25NO5/c1-3-15-28-19-11-7-16(8-12-19)20(24)13-14-21(25)23-18-9-5-17(6-10-18)22(26)27-4-2/h5-12H,3-4,13-15H2,1-2H3,(H,23,25). The third kappa shape index (κ3) is 6.54. The molecule has 2 aromatic carbocycles. The average Bonchev–Trinajstić information content (AvgIpc) is 2.71. The third-order valence-electron chi connectivity index (χ3n) is 3.91. The van der Waals surface area contributed by atoms with E-state index in [4.69, 9.17) is 9.47 Å². The SMILES string of the molecule is CCCOc1ccc(C(=O)CCC(=O)Nc2ccc(C(=O)OCC)cc2)cc1. The van der Waals surface area contributed by atoms with Crippen molar-refractivity contribution >= 4 is 23.3 Å². The van der Waals surface area contributed by atoms with Crippen molar-refractivity contribution in [3.8, 4) is 5.75 Å². The molecule has 0 aliphatic heterocycles. The number of nitrogens with one attached hydrogen (secondary N) is 1. The Hall–Kier alpha value is -3.15. The van der Waals surface area contributed by atoms with E-state index in [0.29, 0.717) is 30.0 Å². The highest BCUT2D eigenvalue weighted by molar-refractivity contribution is 6.00. The Morgan fingerprint density at radius 2 is 1.50 bits per heavy atom. The molecule has 0 saturated carbocycles. The fourth-order valence-corrected chi connectivity index (χ4v) is 2.46. The number of Topliss-reactive ketones (excluding diaryl/α,β-unsaturated/α-hetero) is 1. The van der Waals surface area contributed by atoms with Gasteiger partial charge in [0, 0.05) is 24.1 Å². The van der Waals surface area contributed by atoms with Gasteiger partial charge in [-0.3, -0.25) is 9.59 Å². The van der Waals surface area contributed by atoms with Crippen LogP contribution >= 0.6 is 0 Å². The first-order valence-corrected chi connectivity index (χ1v) is 9.36. The van der Waals surface area contributed by atoms with E-state index in [1.54, 1.807) is 55.5 Å². The highest BCUT2D eigenvalue weighted by atomic mass is 16.5. The molecule has 0 unspecified atom stereocenters. The van der Waals surface area contributed by atoms with Gasteiger partial charge >= 0.3 is 5.97 Å². The zero-order valence-corrected chi connectivity index (χ0v) is 16.2. The van der Waals surface area contributed by atoms with Crippen LogP contribution in [0.3, 0.4) is 0 Å². The highest BCUT2D eigenvalue weighted by Gasteiger charge is 2.11. The maximum Gasteiger partial charge on any atom is 0.338 e. The zero-order chi connectivity index (χ0) is 20.4. The minimum absolute atomic E-state index is 0.0759. The lowest BCUT2D eigenvalue weighted by Crippen LogP contribution is -2.13. The molecule has 2 aromatic rings. The summed E-state index contributed by atoms with van der Waals surface area (Å²) in [6.07, 6.45) is 1.11. The van der Waals surface area contributed by atoms with Gasteiger partial charge < -0.3 is 14.8 Å². The molecule has 0 heterocycles. The number of benzene rings is 2. The van der Waals surface area contributed by atoms with Crippen molar-refractivity contribution in [1.29, 1.82) is 0 Å². The maximum absolute atomic E-state index is 12.2. The Bertz CT molecular complexity index is 797. The summed E-state index contributed by atoms with van der Waals surface area (Å²) in [6.45, 7) is 4.70. The van der Waals surface area contributed by atoms with Crippen LogP contribution in [0.2, 0.25) is 0 Å². The lowest BCUT2D eigenvalue weighted by atomic mass is 10.1. The number of carbonyl (C=O) groups excluding carboxylic acids is 3. The van der Waals surface area contributed by atoms with E-state index in [1.165, 1.54) is 0 Å². The van der Waals surface area contributed by atoms with E-state index in [9.17, 15) is 14.4 Å². The van der Waals surface area contributed by atoms with Crippen molar-refractivity contribution in [2.45, 2.75) is 33.1 Å². The molecule has 0 saturated heterocycles. The molecule has 6 heteroatoms. The van der Waals surface area contributed by atoms with Gasteiger partial charge in [-0.1, -0.05) is 6.92 Å². The second kappa shape index (κ2) is 10.9. The molecule has 0 fully saturated rings. The van der Waals surface area contributed by atoms with E-state index < -0.39 is 5.97 Å². The molecule has 28 heavy (non-hydrogen) atoms. The minimum atomic E-state index is -0.405. The molecule has 2 rings (SSSR count). The van der Waals surface area contributed by atoms with Crippen LogP contribution in [0.1, 0.15) is 53.8 Å². The molecule has 0 aliphatic rings. The number of anilines is 1. The molecule has 0 aromatic heterocycles. The zero-order valence-electron chi connectivity index (χ0n) is 16.2. The summed E-state index contributed by atoms with van der Waals surface area (Å²) in [5.41, 5.74) is 1.53. The van der Waals surface area contributed by atoms with Crippen LogP contribution in [0.5, 0.6) is 5.75 Å². The summed E-state index contributed by atoms with van der Waals surface area (Å²) in [4.78, 5) is 35.9. The van der Waals surface area contributed by atoms with E-state index in [2.05, 4.69) is 5.32 Å². The minimum Gasteiger partial charge on any atom is -0.494 e. The van der Waals surface area contributed by atoms with Crippen molar-refractivity contribution in [3.05, 3.63) is 59.7 Å². The van der Waals surface area contributed by atoms with Gasteiger partial charge in [0.05, 0.1) is 18.8 Å². The van der Waals surface area contributed by atoms with Crippen molar-refractivity contribution in [3.63, 3.8) is 0 Å². The first-order valence-electron chi connectivity index (χ1n) is 9.36. The van der Waals surface area contributed by atoms with Gasteiger partial charge in [0.2, 0.25) is 5.91 Å². The summed E-state index contributed by atoms with van der Waals surface area (Å²) in [5.74, 6) is -0.0468. The predicted octanol–water partition coefficient (Wildman–Crippen LogP) is 4.25. The Balaban J connectivity index is 1.81. The van der Waals surface area contributed by atoms with Gasteiger partial charge in [0.1, 0.15) is 5.75 Å². The molecule has 1 amide bonds. The van der Waals surface area contributed by atoms with Crippen LogP contribution < -0.4 is 10.1 Å². The molecule has 0 radical (unpaired) electrons. The highest BCUT2D eigenvalue weighted by Crippen LogP contribution is 2.15. The van der Waals surface area contributed by atoms with Gasteiger partial charge in [0.25, 0.3) is 0 Å². The summed E-state index contributed by atoms with van der Waals surface area (Å²) in [6, 6.07) is 13.4. The van der Waals surface area contributed by atoms with Crippen molar-refractivity contribution in [1.82, 2.24) is 0 Å². The predicted molar refractivity (Wildman–Crippen MR) is 107 cm³/mol. The van der Waals surface area contributed by atoms with E-state index in [1.807, 2.05) is 6.92 Å². The second-order valence-electron chi connectivity index (χ2n) is 6.14. The van der Waals surface area contributed by atoms with Gasteiger partial charge in [-0.2, -0.15) is 0 Å². The Morgan fingerprint density at radius 3 is 2.11 bits per heavy atom. The van der Waals surface area contributed by atoms with Crippen LogP contribution in [0.15, 0.2) is 48.5 Å². The third-order valence-corrected chi connectivity index (χ3v) is 3.91. The van der Waals surface area contributed by atoms with Crippen LogP contribution in [-0.4, -0.2) is 30.9 Å². The van der Waals surface area contributed by atoms with E-state index >= 15 is 0 Å². The van der Waals surface area contributed by atoms with Crippen LogP contribution in [0, 0.1) is 0 Å². The molecule has 0 atom stereocenters. The van der Waals surface area contributed by atoms with Crippen molar-refractivity contribution in [2.75, 3.05) is 18.5 Å². The lowest BCUT2D eigenvalue weighted by Gasteiger charge is -2.07. The first kappa shape index (κ1) is 21.2. The number of hydrogen-bond acceptors (Lipinski definition) is 5. The van der Waals surface area contributed by atoms with Crippen LogP contribution in [0.25, 0.3) is 0 Å². The topological polar surface area (TPSA) is 81.7 Å². The molecule has 0 bridgehead atoms. The van der Waals surface area contributed by atoms with Crippen LogP contribution in [-0.2, 0) is 9.53 Å². The molecule has 0 spiro atoms. The normalized spacial score (nSPS) is 10.2. The quantitative estimate of drug-likeness (QED) is 0.490. The molecule has 6 nitrogen and oxygen atoms in total. The summed E-state index contributed by atoms with van der Waals surface area (Å²) < 4.78 is 10.4. The Kier molecular flexibility index (Phi) is 8.21. The summed E-state index contributed by atoms with van der Waals surface area (Å²) in [7, 11) is 0. The van der Waals surface area contributed by atoms with Crippen molar-refractivity contribution < 1.29 is 23.9 Å². The lowest BCUT2D eigenvalue weighted by molar-refractivity contribution is -0.116.